The number of carbonyl (C=O) groups is 2. The SMILES string of the molecule is C=C/C(CO[C@H](CCCc1ncc(CCCC(=O)O)s1)C(=O)N(CC(C)(C)CO)c1ccc(Cl)cc1C)=C(\C=C/C)OC.CO. The lowest BCUT2D eigenvalue weighted by Crippen LogP contribution is -2.46. The zero-order chi connectivity index (χ0) is 34.0. The molecule has 0 saturated heterocycles. The fourth-order valence-electron chi connectivity index (χ4n) is 4.44. The number of anilines is 1. The number of hydrogen-bond acceptors (Lipinski definition) is 8. The number of thiazole rings is 1. The number of aliphatic carboxylic acids is 1. The molecule has 3 N–H and O–H groups in total. The molecule has 0 unspecified atom stereocenters. The maximum atomic E-state index is 14.3. The highest BCUT2D eigenvalue weighted by molar-refractivity contribution is 7.11. The second kappa shape index (κ2) is 20.9. The molecule has 0 radical (unpaired) electrons. The number of aromatic nitrogens is 1. The van der Waals surface area contributed by atoms with E-state index in [0.717, 1.165) is 22.6 Å². The van der Waals surface area contributed by atoms with Gasteiger partial charge in [0.2, 0.25) is 0 Å². The minimum absolute atomic E-state index is 0.0995. The number of methoxy groups -OCH3 is 1. The molecule has 2 aromatic rings. The number of aliphatic hydroxyl groups excluding tert-OH is 2. The van der Waals surface area contributed by atoms with Gasteiger partial charge >= 0.3 is 5.97 Å². The number of aryl methyl sites for hydroxylation is 3. The van der Waals surface area contributed by atoms with E-state index < -0.39 is 17.5 Å². The van der Waals surface area contributed by atoms with Crippen molar-refractivity contribution in [3.8, 4) is 0 Å². The van der Waals surface area contributed by atoms with Crippen molar-refractivity contribution >= 4 is 40.5 Å². The lowest BCUT2D eigenvalue weighted by Gasteiger charge is -2.34. The minimum atomic E-state index is -0.802. The lowest BCUT2D eigenvalue weighted by molar-refractivity contribution is -0.137. The van der Waals surface area contributed by atoms with Crippen molar-refractivity contribution in [2.75, 3.05) is 38.9 Å². The van der Waals surface area contributed by atoms with Crippen LogP contribution >= 0.6 is 22.9 Å². The number of amides is 1. The lowest BCUT2D eigenvalue weighted by atomic mass is 9.93. The number of halogens is 1. The quantitative estimate of drug-likeness (QED) is 0.114. The normalized spacial score (nSPS) is 12.6. The Bertz CT molecular complexity index is 1290. The molecular formula is C34H49ClN2O7S. The van der Waals surface area contributed by atoms with E-state index in [1.54, 1.807) is 41.7 Å². The molecule has 0 saturated carbocycles. The first-order chi connectivity index (χ1) is 21.4. The van der Waals surface area contributed by atoms with Crippen molar-refractivity contribution in [2.45, 2.75) is 72.3 Å². The monoisotopic (exact) mass is 664 g/mol. The van der Waals surface area contributed by atoms with Crippen molar-refractivity contribution < 1.29 is 34.4 Å². The predicted octanol–water partition coefficient (Wildman–Crippen LogP) is 6.54. The van der Waals surface area contributed by atoms with E-state index in [1.807, 2.05) is 52.0 Å². The molecule has 1 aromatic carbocycles. The summed E-state index contributed by atoms with van der Waals surface area (Å²) >= 11 is 7.80. The van der Waals surface area contributed by atoms with Crippen LogP contribution in [-0.4, -0.2) is 72.3 Å². The zero-order valence-corrected chi connectivity index (χ0v) is 28.9. The Morgan fingerprint density at radius 1 is 1.22 bits per heavy atom. The third kappa shape index (κ3) is 13.9. The van der Waals surface area contributed by atoms with E-state index in [2.05, 4.69) is 11.6 Å². The van der Waals surface area contributed by atoms with E-state index in [0.29, 0.717) is 54.1 Å². The van der Waals surface area contributed by atoms with Gasteiger partial charge in [0.05, 0.1) is 18.7 Å². The first-order valence-electron chi connectivity index (χ1n) is 14.9. The molecule has 0 bridgehead atoms. The number of benzene rings is 1. The van der Waals surface area contributed by atoms with Crippen LogP contribution in [-0.2, 0) is 31.9 Å². The summed E-state index contributed by atoms with van der Waals surface area (Å²) in [6, 6.07) is 5.39. The van der Waals surface area contributed by atoms with Crippen LogP contribution in [0.1, 0.15) is 61.9 Å². The standard InChI is InChI=1S/C33H45ClN2O6S.CH4O/c1-7-11-28(41-6)24(8-2)20-42-29(13-10-14-30-35-19-26(43-30)12-9-15-31(38)39)32(40)36(21-33(4,5)22-37)27-17-16-25(34)18-23(27)3;1-2/h7-8,11,16-19,29,37H,2,9-10,12-15,20-22H2,1,3-6H3,(H,38,39);2H,1H3/b11-7-,28-24-;/t29-;/m1./s1. The summed E-state index contributed by atoms with van der Waals surface area (Å²) in [6.07, 6.45) is 9.47. The number of carboxylic acid groups (broad SMARTS) is 1. The minimum Gasteiger partial charge on any atom is -0.496 e. The summed E-state index contributed by atoms with van der Waals surface area (Å²) in [7, 11) is 2.58. The summed E-state index contributed by atoms with van der Waals surface area (Å²) in [4.78, 5) is 32.4. The van der Waals surface area contributed by atoms with Crippen molar-refractivity contribution in [2.24, 2.45) is 5.41 Å². The van der Waals surface area contributed by atoms with Gasteiger partial charge in [-0.3, -0.25) is 9.59 Å². The van der Waals surface area contributed by atoms with Gasteiger partial charge in [-0.05, 0) is 75.8 Å². The molecule has 1 heterocycles. The van der Waals surface area contributed by atoms with Crippen LogP contribution in [0.4, 0.5) is 5.69 Å². The molecule has 0 spiro atoms. The highest BCUT2D eigenvalue weighted by Gasteiger charge is 2.32. The van der Waals surface area contributed by atoms with Crippen LogP contribution in [0.3, 0.4) is 0 Å². The van der Waals surface area contributed by atoms with Crippen LogP contribution < -0.4 is 4.90 Å². The summed E-state index contributed by atoms with van der Waals surface area (Å²) in [5.74, 6) is -0.411. The average molecular weight is 665 g/mol. The zero-order valence-electron chi connectivity index (χ0n) is 27.3. The van der Waals surface area contributed by atoms with E-state index in [-0.39, 0.29) is 32.1 Å². The predicted molar refractivity (Wildman–Crippen MR) is 182 cm³/mol. The largest absolute Gasteiger partial charge is 0.496 e. The van der Waals surface area contributed by atoms with Gasteiger partial charge in [0.15, 0.2) is 0 Å². The van der Waals surface area contributed by atoms with E-state index >= 15 is 0 Å². The second-order valence-electron chi connectivity index (χ2n) is 11.1. The Balaban J connectivity index is 0.00000496. The Kier molecular flexibility index (Phi) is 18.6. The van der Waals surface area contributed by atoms with Gasteiger partial charge in [0.25, 0.3) is 5.91 Å². The third-order valence-electron chi connectivity index (χ3n) is 6.82. The second-order valence-corrected chi connectivity index (χ2v) is 12.8. The fourth-order valence-corrected chi connectivity index (χ4v) is 5.68. The third-order valence-corrected chi connectivity index (χ3v) is 8.17. The summed E-state index contributed by atoms with van der Waals surface area (Å²) in [6.45, 7) is 11.8. The van der Waals surface area contributed by atoms with Crippen LogP contribution in [0, 0.1) is 12.3 Å². The molecule has 0 aliphatic heterocycles. The fraction of sp³-hybridized carbons (Fsp3) is 0.500. The van der Waals surface area contributed by atoms with Crippen molar-refractivity contribution in [3.63, 3.8) is 0 Å². The van der Waals surface area contributed by atoms with Gasteiger partial charge in [0, 0.05) is 59.5 Å². The van der Waals surface area contributed by atoms with E-state index in [9.17, 15) is 14.7 Å². The first-order valence-corrected chi connectivity index (χ1v) is 16.1. The molecule has 1 amide bonds. The number of rotatable bonds is 19. The van der Waals surface area contributed by atoms with Gasteiger partial charge in [-0.1, -0.05) is 44.2 Å². The Morgan fingerprint density at radius 2 is 1.93 bits per heavy atom. The molecular weight excluding hydrogens is 616 g/mol. The summed E-state index contributed by atoms with van der Waals surface area (Å²) in [5.41, 5.74) is 1.70. The van der Waals surface area contributed by atoms with E-state index in [1.165, 1.54) is 0 Å². The topological polar surface area (TPSA) is 129 Å². The van der Waals surface area contributed by atoms with Gasteiger partial charge in [-0.25, -0.2) is 4.98 Å². The average Bonchev–Trinajstić information content (AvgIpc) is 3.46. The van der Waals surface area contributed by atoms with Crippen LogP contribution in [0.5, 0.6) is 0 Å². The molecule has 2 rings (SSSR count). The van der Waals surface area contributed by atoms with Gasteiger partial charge in [-0.15, -0.1) is 11.3 Å². The molecule has 11 heteroatoms. The van der Waals surface area contributed by atoms with Crippen LogP contribution in [0.25, 0.3) is 0 Å². The first kappa shape index (κ1) is 40.0. The van der Waals surface area contributed by atoms with Gasteiger partial charge in [-0.2, -0.15) is 0 Å². The van der Waals surface area contributed by atoms with Crippen LogP contribution in [0.2, 0.25) is 5.02 Å². The number of nitrogens with zero attached hydrogens (tertiary/aromatic N) is 2. The Morgan fingerprint density at radius 3 is 2.51 bits per heavy atom. The van der Waals surface area contributed by atoms with Crippen molar-refractivity contribution in [3.05, 3.63) is 81.0 Å². The molecule has 45 heavy (non-hydrogen) atoms. The summed E-state index contributed by atoms with van der Waals surface area (Å²) < 4.78 is 11.8. The van der Waals surface area contributed by atoms with E-state index in [4.69, 9.17) is 31.3 Å². The molecule has 0 fully saturated rings. The number of ether oxygens (including phenoxy) is 2. The Labute approximate surface area is 276 Å². The number of carboxylic acids is 1. The maximum Gasteiger partial charge on any atom is 0.303 e. The van der Waals surface area contributed by atoms with Gasteiger partial charge in [0.1, 0.15) is 11.9 Å². The Hall–Kier alpha value is -3.02. The van der Waals surface area contributed by atoms with Crippen LogP contribution in [0.15, 0.2) is 60.5 Å². The number of carbonyl (C=O) groups excluding carboxylic acids is 1. The number of hydrogen-bond donors (Lipinski definition) is 3. The number of allylic oxidation sites excluding steroid dienone is 2. The molecule has 1 atom stereocenters. The smallest absolute Gasteiger partial charge is 0.303 e. The molecule has 250 valence electrons. The molecule has 9 nitrogen and oxygen atoms in total. The molecule has 0 aliphatic rings. The maximum absolute atomic E-state index is 14.3. The highest BCUT2D eigenvalue weighted by Crippen LogP contribution is 2.29. The molecule has 0 aliphatic carbocycles. The highest BCUT2D eigenvalue weighted by atomic mass is 35.5. The van der Waals surface area contributed by atoms with Crippen molar-refractivity contribution in [1.82, 2.24) is 4.98 Å². The number of aliphatic hydroxyl groups is 2. The van der Waals surface area contributed by atoms with Crippen molar-refractivity contribution in [1.29, 1.82) is 0 Å². The van der Waals surface area contributed by atoms with Gasteiger partial charge < -0.3 is 29.7 Å². The molecule has 1 aromatic heterocycles. The summed E-state index contributed by atoms with van der Waals surface area (Å²) in [5, 5.41) is 27.5.